The molecule has 0 radical (unpaired) electrons. The van der Waals surface area contributed by atoms with Crippen molar-refractivity contribution in [3.63, 3.8) is 0 Å². The zero-order chi connectivity index (χ0) is 9.30. The lowest BCUT2D eigenvalue weighted by atomic mass is 10.1. The number of carboxylic acid groups (broad SMARTS) is 1. The van der Waals surface area contributed by atoms with Gasteiger partial charge in [0.05, 0.1) is 0 Å². The molecule has 1 rings (SSSR count). The Hall–Kier alpha value is -1.58. The molecule has 12 heavy (non-hydrogen) atoms. The third-order valence-electron chi connectivity index (χ3n) is 1.74. The minimum Gasteiger partial charge on any atom is -0.618 e. The van der Waals surface area contributed by atoms with Crippen molar-refractivity contribution in [2.45, 2.75) is 13.8 Å². The third-order valence-corrected chi connectivity index (χ3v) is 1.74. The highest BCUT2D eigenvalue weighted by atomic mass is 16.5. The zero-order valence-corrected chi connectivity index (χ0v) is 6.87. The van der Waals surface area contributed by atoms with Gasteiger partial charge in [-0.05, 0) is 19.4 Å². The van der Waals surface area contributed by atoms with Crippen LogP contribution in [0.4, 0.5) is 0 Å². The molecule has 0 aliphatic carbocycles. The van der Waals surface area contributed by atoms with Crippen LogP contribution < -0.4 is 4.73 Å². The van der Waals surface area contributed by atoms with Gasteiger partial charge in [0.25, 0.3) is 0 Å². The highest BCUT2D eigenvalue weighted by molar-refractivity contribution is 5.83. The summed E-state index contributed by atoms with van der Waals surface area (Å²) in [4.78, 5) is 10.5. The van der Waals surface area contributed by atoms with E-state index in [0.29, 0.717) is 4.73 Å². The molecule has 1 aromatic heterocycles. The molecule has 1 heterocycles. The highest BCUT2D eigenvalue weighted by Gasteiger charge is 2.15. The van der Waals surface area contributed by atoms with Crippen LogP contribution in [0.5, 0.6) is 0 Å². The summed E-state index contributed by atoms with van der Waals surface area (Å²) in [5.41, 5.74) is 1.35. The van der Waals surface area contributed by atoms with E-state index in [1.54, 1.807) is 13.8 Å². The van der Waals surface area contributed by atoms with Crippen molar-refractivity contribution < 1.29 is 14.6 Å². The van der Waals surface area contributed by atoms with Gasteiger partial charge in [-0.2, -0.15) is 4.73 Å². The summed E-state index contributed by atoms with van der Waals surface area (Å²) in [5.74, 6) is -1.20. The Kier molecular flexibility index (Phi) is 1.99. The van der Waals surface area contributed by atoms with Gasteiger partial charge in [-0.3, -0.25) is 0 Å². The fourth-order valence-electron chi connectivity index (χ4n) is 0.886. The molecule has 0 aliphatic heterocycles. The monoisotopic (exact) mass is 167 g/mol. The van der Waals surface area contributed by atoms with Gasteiger partial charge < -0.3 is 10.3 Å². The molecule has 0 amide bonds. The Balaban J connectivity index is 3.33. The lowest BCUT2D eigenvalue weighted by Gasteiger charge is -2.03. The SMILES string of the molecule is Cc1cc(C(=O)O)[n+]([O-])cc1C. The first-order valence-electron chi connectivity index (χ1n) is 3.46. The van der Waals surface area contributed by atoms with Crippen LogP contribution in [0.2, 0.25) is 0 Å². The Bertz CT molecular complexity index is 333. The highest BCUT2D eigenvalue weighted by Crippen LogP contribution is 2.04. The van der Waals surface area contributed by atoms with Crippen molar-refractivity contribution in [3.05, 3.63) is 34.3 Å². The molecule has 0 atom stereocenters. The minimum atomic E-state index is -1.20. The number of nitrogens with zero attached hydrogens (tertiary/aromatic N) is 1. The maximum atomic E-state index is 11.0. The fourth-order valence-corrected chi connectivity index (χ4v) is 0.886. The van der Waals surface area contributed by atoms with Gasteiger partial charge in [0.2, 0.25) is 0 Å². The van der Waals surface area contributed by atoms with Crippen molar-refractivity contribution in [1.82, 2.24) is 0 Å². The van der Waals surface area contributed by atoms with Crippen LogP contribution in [0.25, 0.3) is 0 Å². The van der Waals surface area contributed by atoms with E-state index < -0.39 is 5.97 Å². The topological polar surface area (TPSA) is 64.2 Å². The molecule has 0 fully saturated rings. The molecule has 0 saturated carbocycles. The van der Waals surface area contributed by atoms with E-state index in [4.69, 9.17) is 5.11 Å². The number of aryl methyl sites for hydroxylation is 2. The van der Waals surface area contributed by atoms with Crippen LogP contribution in [-0.4, -0.2) is 11.1 Å². The quantitative estimate of drug-likeness (QED) is 0.493. The van der Waals surface area contributed by atoms with Crippen molar-refractivity contribution in [3.8, 4) is 0 Å². The van der Waals surface area contributed by atoms with Gasteiger partial charge in [-0.1, -0.05) is 0 Å². The van der Waals surface area contributed by atoms with Gasteiger partial charge in [-0.15, -0.1) is 0 Å². The summed E-state index contributed by atoms with van der Waals surface area (Å²) in [6.45, 7) is 3.52. The first-order chi connectivity index (χ1) is 5.52. The van der Waals surface area contributed by atoms with Crippen molar-refractivity contribution in [1.29, 1.82) is 0 Å². The van der Waals surface area contributed by atoms with Gasteiger partial charge in [0, 0.05) is 11.6 Å². The molecule has 64 valence electrons. The summed E-state index contributed by atoms with van der Waals surface area (Å²) in [5, 5.41) is 19.5. The van der Waals surface area contributed by atoms with Crippen molar-refractivity contribution in [2.24, 2.45) is 0 Å². The Morgan fingerprint density at radius 1 is 1.50 bits per heavy atom. The zero-order valence-electron chi connectivity index (χ0n) is 6.87. The summed E-state index contributed by atoms with van der Waals surface area (Å²) in [6.07, 6.45) is 1.26. The van der Waals surface area contributed by atoms with Crippen LogP contribution in [0.1, 0.15) is 21.6 Å². The van der Waals surface area contributed by atoms with Gasteiger partial charge in [0.1, 0.15) is 0 Å². The maximum Gasteiger partial charge on any atom is 0.402 e. The molecule has 0 spiro atoms. The molecule has 0 bridgehead atoms. The predicted molar refractivity (Wildman–Crippen MR) is 41.8 cm³/mol. The number of carboxylic acids is 1. The molecule has 0 unspecified atom stereocenters. The Morgan fingerprint density at radius 3 is 2.58 bits per heavy atom. The van der Waals surface area contributed by atoms with E-state index in [1.165, 1.54) is 12.3 Å². The molecule has 0 aromatic carbocycles. The normalized spacial score (nSPS) is 9.83. The predicted octanol–water partition coefficient (Wildman–Crippen LogP) is 0.635. The van der Waals surface area contributed by atoms with Crippen molar-refractivity contribution >= 4 is 5.97 Å². The number of carbonyl (C=O) groups is 1. The first kappa shape index (κ1) is 8.52. The second-order valence-electron chi connectivity index (χ2n) is 2.66. The van der Waals surface area contributed by atoms with Gasteiger partial charge in [0.15, 0.2) is 6.20 Å². The Labute approximate surface area is 69.7 Å². The molecular weight excluding hydrogens is 158 g/mol. The number of hydrogen-bond donors (Lipinski definition) is 1. The van der Waals surface area contributed by atoms with E-state index in [2.05, 4.69) is 0 Å². The lowest BCUT2D eigenvalue weighted by molar-refractivity contribution is -0.608. The molecule has 0 saturated heterocycles. The number of aromatic carboxylic acids is 1. The minimum absolute atomic E-state index is 0.238. The number of aromatic nitrogens is 1. The third kappa shape index (κ3) is 1.37. The standard InChI is InChI=1S/C8H9NO3/c1-5-3-7(8(10)11)9(12)4-6(5)2/h3-4H,1-2H3,(H,10,11). The number of hydrogen-bond acceptors (Lipinski definition) is 2. The first-order valence-corrected chi connectivity index (χ1v) is 3.46. The van der Waals surface area contributed by atoms with E-state index in [0.717, 1.165) is 11.1 Å². The summed E-state index contributed by atoms with van der Waals surface area (Å²) in [7, 11) is 0. The second-order valence-corrected chi connectivity index (χ2v) is 2.66. The molecule has 1 N–H and O–H groups in total. The summed E-state index contributed by atoms with van der Waals surface area (Å²) in [6, 6.07) is 1.37. The van der Waals surface area contributed by atoms with Crippen molar-refractivity contribution in [2.75, 3.05) is 0 Å². The molecule has 4 heteroatoms. The van der Waals surface area contributed by atoms with Gasteiger partial charge >= 0.3 is 11.7 Å². The molecule has 0 aliphatic rings. The summed E-state index contributed by atoms with van der Waals surface area (Å²) < 4.78 is 0.366. The fraction of sp³-hybridized carbons (Fsp3) is 0.250. The van der Waals surface area contributed by atoms with E-state index in [9.17, 15) is 10.0 Å². The van der Waals surface area contributed by atoms with E-state index in [1.807, 2.05) is 0 Å². The molecular formula is C8H9NO3. The maximum absolute atomic E-state index is 11.0. The van der Waals surface area contributed by atoms with E-state index in [-0.39, 0.29) is 5.69 Å². The number of pyridine rings is 1. The van der Waals surface area contributed by atoms with Crippen LogP contribution >= 0.6 is 0 Å². The van der Waals surface area contributed by atoms with Crippen LogP contribution in [0, 0.1) is 19.1 Å². The van der Waals surface area contributed by atoms with Crippen LogP contribution in [0.15, 0.2) is 12.3 Å². The Morgan fingerprint density at radius 2 is 2.08 bits per heavy atom. The summed E-state index contributed by atoms with van der Waals surface area (Å²) >= 11 is 0. The average Bonchev–Trinajstić information content (AvgIpc) is 1.96. The van der Waals surface area contributed by atoms with Crippen LogP contribution in [0.3, 0.4) is 0 Å². The number of rotatable bonds is 1. The molecule has 1 aromatic rings. The average molecular weight is 167 g/mol. The second kappa shape index (κ2) is 2.81. The van der Waals surface area contributed by atoms with Gasteiger partial charge in [-0.25, -0.2) is 4.79 Å². The van der Waals surface area contributed by atoms with E-state index >= 15 is 0 Å². The largest absolute Gasteiger partial charge is 0.618 e. The molecule has 4 nitrogen and oxygen atoms in total. The van der Waals surface area contributed by atoms with Crippen LogP contribution in [-0.2, 0) is 0 Å². The lowest BCUT2D eigenvalue weighted by Crippen LogP contribution is -2.34. The smallest absolute Gasteiger partial charge is 0.402 e.